The van der Waals surface area contributed by atoms with Gasteiger partial charge >= 0.3 is 5.97 Å². The molecule has 166 valence electrons. The smallest absolute Gasteiger partial charge is 0.338 e. The van der Waals surface area contributed by atoms with Crippen molar-refractivity contribution in [2.24, 2.45) is 0 Å². The average Bonchev–Trinajstić information content (AvgIpc) is 2.75. The first-order chi connectivity index (χ1) is 14.7. The number of anilines is 1. The Hall–Kier alpha value is -2.42. The quantitative estimate of drug-likeness (QED) is 0.650. The molecule has 1 amide bonds. The Kier molecular flexibility index (Phi) is 7.35. The molecule has 7 nitrogen and oxygen atoms in total. The van der Waals surface area contributed by atoms with Crippen molar-refractivity contribution in [3.8, 4) is 0 Å². The number of piperidine rings is 1. The van der Waals surface area contributed by atoms with Crippen molar-refractivity contribution in [2.45, 2.75) is 50.2 Å². The van der Waals surface area contributed by atoms with E-state index in [9.17, 15) is 18.0 Å². The Morgan fingerprint density at radius 3 is 2.35 bits per heavy atom. The molecule has 2 aromatic rings. The van der Waals surface area contributed by atoms with Crippen LogP contribution >= 0.6 is 11.6 Å². The number of ether oxygens (including phenoxy) is 1. The highest BCUT2D eigenvalue weighted by Crippen LogP contribution is 2.25. The van der Waals surface area contributed by atoms with Crippen LogP contribution in [0.4, 0.5) is 5.69 Å². The summed E-state index contributed by atoms with van der Waals surface area (Å²) in [6.45, 7) is 3.85. The first-order valence-electron chi connectivity index (χ1n) is 10.1. The molecule has 0 aromatic heterocycles. The first-order valence-corrected chi connectivity index (χ1v) is 11.9. The van der Waals surface area contributed by atoms with Gasteiger partial charge in [-0.25, -0.2) is 13.2 Å². The zero-order chi connectivity index (χ0) is 22.6. The van der Waals surface area contributed by atoms with Crippen molar-refractivity contribution in [3.63, 3.8) is 0 Å². The fourth-order valence-electron chi connectivity index (χ4n) is 3.39. The Bertz CT molecular complexity index is 1040. The number of rotatable bonds is 6. The van der Waals surface area contributed by atoms with E-state index in [0.29, 0.717) is 17.3 Å². The monoisotopic (exact) mass is 464 g/mol. The predicted molar refractivity (Wildman–Crippen MR) is 119 cm³/mol. The number of hydrogen-bond donors (Lipinski definition) is 1. The van der Waals surface area contributed by atoms with Crippen LogP contribution in [0.2, 0.25) is 5.02 Å². The van der Waals surface area contributed by atoms with Crippen molar-refractivity contribution in [3.05, 3.63) is 59.1 Å². The topological polar surface area (TPSA) is 92.8 Å². The largest absolute Gasteiger partial charge is 0.449 e. The van der Waals surface area contributed by atoms with Crippen LogP contribution < -0.4 is 5.32 Å². The highest BCUT2D eigenvalue weighted by Gasteiger charge is 2.31. The minimum absolute atomic E-state index is 0.0524. The van der Waals surface area contributed by atoms with Gasteiger partial charge in [0.05, 0.1) is 10.5 Å². The second-order valence-corrected chi connectivity index (χ2v) is 9.86. The lowest BCUT2D eigenvalue weighted by Crippen LogP contribution is -2.41. The molecule has 0 radical (unpaired) electrons. The van der Waals surface area contributed by atoms with E-state index in [4.69, 9.17) is 16.3 Å². The van der Waals surface area contributed by atoms with Crippen LogP contribution in [-0.4, -0.2) is 43.3 Å². The summed E-state index contributed by atoms with van der Waals surface area (Å²) in [5.41, 5.74) is 0.690. The zero-order valence-electron chi connectivity index (χ0n) is 17.4. The van der Waals surface area contributed by atoms with E-state index in [2.05, 4.69) is 5.32 Å². The molecule has 1 N–H and O–H groups in total. The van der Waals surface area contributed by atoms with Gasteiger partial charge in [-0.15, -0.1) is 0 Å². The third-order valence-electron chi connectivity index (χ3n) is 5.20. The lowest BCUT2D eigenvalue weighted by molar-refractivity contribution is -0.123. The number of halogens is 1. The summed E-state index contributed by atoms with van der Waals surface area (Å²) >= 11 is 5.82. The Labute approximate surface area is 187 Å². The number of nitrogens with one attached hydrogen (secondary N) is 1. The maximum atomic E-state index is 12.9. The van der Waals surface area contributed by atoms with Gasteiger partial charge in [0.15, 0.2) is 6.10 Å². The number of sulfonamides is 1. The van der Waals surface area contributed by atoms with Gasteiger partial charge in [-0.2, -0.15) is 4.31 Å². The van der Waals surface area contributed by atoms with Crippen LogP contribution in [0, 0.1) is 0 Å². The fraction of sp³-hybridized carbons (Fsp3) is 0.364. The van der Waals surface area contributed by atoms with Crippen molar-refractivity contribution in [1.29, 1.82) is 0 Å². The molecular formula is C22H25ClN2O5S. The second kappa shape index (κ2) is 9.80. The van der Waals surface area contributed by atoms with Gasteiger partial charge in [0, 0.05) is 23.3 Å². The summed E-state index contributed by atoms with van der Waals surface area (Å²) in [7, 11) is -3.62. The third kappa shape index (κ3) is 5.64. The van der Waals surface area contributed by atoms with Crippen LogP contribution in [0.25, 0.3) is 0 Å². The Morgan fingerprint density at radius 2 is 1.74 bits per heavy atom. The van der Waals surface area contributed by atoms with Crippen molar-refractivity contribution in [1.82, 2.24) is 4.31 Å². The van der Waals surface area contributed by atoms with E-state index >= 15 is 0 Å². The van der Waals surface area contributed by atoms with E-state index in [1.54, 1.807) is 24.3 Å². The molecule has 31 heavy (non-hydrogen) atoms. The molecule has 0 bridgehead atoms. The fourth-order valence-corrected chi connectivity index (χ4v) is 5.21. The maximum Gasteiger partial charge on any atom is 0.338 e. The highest BCUT2D eigenvalue weighted by atomic mass is 35.5. The molecule has 1 aliphatic heterocycles. The molecular weight excluding hydrogens is 440 g/mol. The lowest BCUT2D eigenvalue weighted by Gasteiger charge is -2.32. The first kappa shape index (κ1) is 23.2. The van der Waals surface area contributed by atoms with Crippen LogP contribution in [0.1, 0.15) is 43.5 Å². The number of carbonyl (C=O) groups excluding carboxylic acids is 2. The molecule has 2 atom stereocenters. The second-order valence-electron chi connectivity index (χ2n) is 7.53. The van der Waals surface area contributed by atoms with Crippen LogP contribution in [0.15, 0.2) is 53.4 Å². The summed E-state index contributed by atoms with van der Waals surface area (Å²) < 4.78 is 32.5. The summed E-state index contributed by atoms with van der Waals surface area (Å²) in [5, 5.41) is 3.18. The summed E-state index contributed by atoms with van der Waals surface area (Å²) in [6, 6.07) is 12.1. The minimum Gasteiger partial charge on any atom is -0.449 e. The van der Waals surface area contributed by atoms with Gasteiger partial charge in [0.2, 0.25) is 10.0 Å². The molecule has 0 saturated carbocycles. The summed E-state index contributed by atoms with van der Waals surface area (Å²) in [4.78, 5) is 24.8. The van der Waals surface area contributed by atoms with E-state index in [-0.39, 0.29) is 16.5 Å². The normalized spacial score (nSPS) is 18.2. The molecule has 9 heteroatoms. The lowest BCUT2D eigenvalue weighted by atomic mass is 10.1. The molecule has 1 saturated heterocycles. The number of amides is 1. The van der Waals surface area contributed by atoms with Crippen molar-refractivity contribution in [2.75, 3.05) is 11.9 Å². The van der Waals surface area contributed by atoms with E-state index in [1.165, 1.54) is 35.5 Å². The minimum atomic E-state index is -3.62. The maximum absolute atomic E-state index is 12.9. The molecule has 1 aliphatic rings. The zero-order valence-corrected chi connectivity index (χ0v) is 18.9. The highest BCUT2D eigenvalue weighted by molar-refractivity contribution is 7.89. The molecule has 2 aromatic carbocycles. The number of hydrogen-bond acceptors (Lipinski definition) is 5. The van der Waals surface area contributed by atoms with Gasteiger partial charge in [0.25, 0.3) is 5.91 Å². The van der Waals surface area contributed by atoms with Gasteiger partial charge < -0.3 is 10.1 Å². The summed E-state index contributed by atoms with van der Waals surface area (Å²) in [6.07, 6.45) is 1.64. The number of esters is 1. The third-order valence-corrected chi connectivity index (χ3v) is 7.48. The number of benzene rings is 2. The van der Waals surface area contributed by atoms with Crippen molar-refractivity contribution >= 4 is 39.2 Å². The molecule has 1 fully saturated rings. The van der Waals surface area contributed by atoms with E-state index < -0.39 is 28.0 Å². The van der Waals surface area contributed by atoms with E-state index in [1.807, 2.05) is 6.92 Å². The van der Waals surface area contributed by atoms with E-state index in [0.717, 1.165) is 19.3 Å². The van der Waals surface area contributed by atoms with Gasteiger partial charge in [0.1, 0.15) is 0 Å². The number of nitrogens with zero attached hydrogens (tertiary/aromatic N) is 1. The van der Waals surface area contributed by atoms with Gasteiger partial charge in [-0.05, 0) is 75.2 Å². The molecule has 0 spiro atoms. The van der Waals surface area contributed by atoms with Crippen molar-refractivity contribution < 1.29 is 22.7 Å². The van der Waals surface area contributed by atoms with Gasteiger partial charge in [-0.3, -0.25) is 4.79 Å². The Morgan fingerprint density at radius 1 is 1.10 bits per heavy atom. The molecule has 1 heterocycles. The van der Waals surface area contributed by atoms with Crippen LogP contribution in [-0.2, 0) is 19.6 Å². The van der Waals surface area contributed by atoms with Gasteiger partial charge in [-0.1, -0.05) is 18.0 Å². The molecule has 2 unspecified atom stereocenters. The SMILES string of the molecule is CC(OC(=O)c1ccc(S(=O)(=O)N2CCCCC2C)cc1)C(=O)Nc1ccc(Cl)cc1. The number of carbonyl (C=O) groups is 2. The van der Waals surface area contributed by atoms with Crippen LogP contribution in [0.3, 0.4) is 0 Å². The predicted octanol–water partition coefficient (Wildman–Crippen LogP) is 4.09. The molecule has 0 aliphatic carbocycles. The summed E-state index contributed by atoms with van der Waals surface area (Å²) in [5.74, 6) is -1.21. The molecule has 3 rings (SSSR count). The van der Waals surface area contributed by atoms with Crippen LogP contribution in [0.5, 0.6) is 0 Å². The standard InChI is InChI=1S/C22H25ClN2O5S/c1-15-5-3-4-14-25(15)31(28,29)20-12-6-17(7-13-20)22(27)30-16(2)21(26)24-19-10-8-18(23)9-11-19/h6-13,15-16H,3-5,14H2,1-2H3,(H,24,26). The average molecular weight is 465 g/mol. The Balaban J connectivity index is 1.63.